The van der Waals surface area contributed by atoms with E-state index in [9.17, 15) is 0 Å². The molecule has 3 aromatic rings. The molecular weight excluding hydrogens is 380 g/mol. The van der Waals surface area contributed by atoms with Crippen LogP contribution in [-0.4, -0.2) is 25.2 Å². The van der Waals surface area contributed by atoms with Crippen molar-refractivity contribution in [3.05, 3.63) is 58.2 Å². The normalized spacial score (nSPS) is 11.0. The molecule has 0 radical (unpaired) electrons. The Morgan fingerprint density at radius 3 is 2.84 bits per heavy atom. The molecule has 0 aliphatic heterocycles. The summed E-state index contributed by atoms with van der Waals surface area (Å²) < 4.78 is 12.0. The van der Waals surface area contributed by atoms with Gasteiger partial charge in [0.05, 0.1) is 24.7 Å². The summed E-state index contributed by atoms with van der Waals surface area (Å²) in [5, 5.41) is 3.64. The Balaban J connectivity index is 1.59. The summed E-state index contributed by atoms with van der Waals surface area (Å²) in [6.45, 7) is 4.53. The van der Waals surface area contributed by atoms with Crippen molar-refractivity contribution in [1.29, 1.82) is 0 Å². The van der Waals surface area contributed by atoms with Gasteiger partial charge in [-0.05, 0) is 46.6 Å². The van der Waals surface area contributed by atoms with Gasteiger partial charge in [0.1, 0.15) is 6.54 Å². The standard InChI is InChI=1S/C20H23BrN2O2/c1-3-25-20-17(21)10-14(11-19(20)24-2)12-22-9-8-15-13-23-18-7-5-4-6-16(15)18/h4-7,10-11,13,22-23H,3,8-9,12H2,1-2H3/p+1. The Hall–Kier alpha value is -1.98. The van der Waals surface area contributed by atoms with Gasteiger partial charge in [0.25, 0.3) is 0 Å². The molecule has 3 N–H and O–H groups in total. The molecule has 2 aromatic carbocycles. The Kier molecular flexibility index (Phi) is 6.00. The van der Waals surface area contributed by atoms with Crippen LogP contribution in [0, 0.1) is 0 Å². The van der Waals surface area contributed by atoms with Crippen molar-refractivity contribution in [2.75, 3.05) is 20.3 Å². The summed E-state index contributed by atoms with van der Waals surface area (Å²) in [7, 11) is 1.68. The fourth-order valence-corrected chi connectivity index (χ4v) is 3.64. The van der Waals surface area contributed by atoms with Gasteiger partial charge in [0, 0.05) is 29.1 Å². The minimum absolute atomic E-state index is 0.616. The van der Waals surface area contributed by atoms with Crippen molar-refractivity contribution in [2.24, 2.45) is 0 Å². The van der Waals surface area contributed by atoms with Crippen molar-refractivity contribution in [1.82, 2.24) is 4.98 Å². The van der Waals surface area contributed by atoms with Gasteiger partial charge in [-0.25, -0.2) is 0 Å². The highest BCUT2D eigenvalue weighted by molar-refractivity contribution is 9.10. The van der Waals surface area contributed by atoms with Crippen LogP contribution in [0.3, 0.4) is 0 Å². The second kappa shape index (κ2) is 8.41. The Bertz CT molecular complexity index is 845. The topological polar surface area (TPSA) is 50.9 Å². The van der Waals surface area contributed by atoms with Crippen molar-refractivity contribution in [3.63, 3.8) is 0 Å². The van der Waals surface area contributed by atoms with Gasteiger partial charge >= 0.3 is 0 Å². The maximum atomic E-state index is 5.64. The zero-order valence-corrected chi connectivity index (χ0v) is 16.2. The smallest absolute Gasteiger partial charge is 0.175 e. The van der Waals surface area contributed by atoms with Crippen LogP contribution >= 0.6 is 15.9 Å². The van der Waals surface area contributed by atoms with Crippen LogP contribution in [0.5, 0.6) is 11.5 Å². The van der Waals surface area contributed by atoms with E-state index in [2.05, 4.69) is 68.8 Å². The molecule has 0 amide bonds. The Labute approximate surface area is 156 Å². The lowest BCUT2D eigenvalue weighted by Crippen LogP contribution is -2.83. The molecule has 0 fully saturated rings. The van der Waals surface area contributed by atoms with Crippen molar-refractivity contribution >= 4 is 26.8 Å². The van der Waals surface area contributed by atoms with E-state index >= 15 is 0 Å². The van der Waals surface area contributed by atoms with E-state index in [0.717, 1.165) is 35.5 Å². The molecule has 0 saturated carbocycles. The number of hydrogen-bond acceptors (Lipinski definition) is 2. The average Bonchev–Trinajstić information content (AvgIpc) is 3.04. The summed E-state index contributed by atoms with van der Waals surface area (Å²) in [5.41, 5.74) is 3.79. The molecule has 3 rings (SSSR count). The number of ether oxygens (including phenoxy) is 2. The number of rotatable bonds is 8. The molecule has 0 spiro atoms. The average molecular weight is 404 g/mol. The number of fused-ring (bicyclic) bond motifs is 1. The van der Waals surface area contributed by atoms with Gasteiger partial charge in [0.2, 0.25) is 0 Å². The summed E-state index contributed by atoms with van der Waals surface area (Å²) in [6.07, 6.45) is 3.16. The molecule has 0 atom stereocenters. The van der Waals surface area contributed by atoms with E-state index in [-0.39, 0.29) is 0 Å². The molecule has 0 aliphatic rings. The van der Waals surface area contributed by atoms with Crippen LogP contribution < -0.4 is 14.8 Å². The van der Waals surface area contributed by atoms with E-state index < -0.39 is 0 Å². The fourth-order valence-electron chi connectivity index (χ4n) is 3.04. The number of halogens is 1. The predicted molar refractivity (Wildman–Crippen MR) is 104 cm³/mol. The second-order valence-corrected chi connectivity index (χ2v) is 6.79. The van der Waals surface area contributed by atoms with Crippen LogP contribution in [0.25, 0.3) is 10.9 Å². The Morgan fingerprint density at radius 2 is 2.04 bits per heavy atom. The first-order valence-electron chi connectivity index (χ1n) is 8.58. The number of quaternary nitrogens is 1. The highest BCUT2D eigenvalue weighted by Gasteiger charge is 2.12. The first-order valence-corrected chi connectivity index (χ1v) is 9.38. The monoisotopic (exact) mass is 403 g/mol. The maximum Gasteiger partial charge on any atom is 0.175 e. The van der Waals surface area contributed by atoms with E-state index in [1.54, 1.807) is 7.11 Å². The minimum atomic E-state index is 0.616. The first-order chi connectivity index (χ1) is 12.2. The number of benzene rings is 2. The minimum Gasteiger partial charge on any atom is -0.493 e. The number of H-pyrrole nitrogens is 1. The van der Waals surface area contributed by atoms with Crippen LogP contribution in [-0.2, 0) is 13.0 Å². The van der Waals surface area contributed by atoms with Gasteiger partial charge in [-0.1, -0.05) is 18.2 Å². The summed E-state index contributed by atoms with van der Waals surface area (Å²) in [5.74, 6) is 1.55. The van der Waals surface area contributed by atoms with Gasteiger partial charge in [0.15, 0.2) is 11.5 Å². The SMILES string of the molecule is CCOc1c(Br)cc(C[NH2+]CCc2c[nH]c3ccccc23)cc1OC. The van der Waals surface area contributed by atoms with Crippen molar-refractivity contribution in [3.8, 4) is 11.5 Å². The van der Waals surface area contributed by atoms with Gasteiger partial charge in [-0.3, -0.25) is 0 Å². The maximum absolute atomic E-state index is 5.64. The van der Waals surface area contributed by atoms with E-state index in [1.807, 2.05) is 6.92 Å². The molecule has 0 bridgehead atoms. The quantitative estimate of drug-likeness (QED) is 0.564. The second-order valence-electron chi connectivity index (χ2n) is 5.93. The third-order valence-corrected chi connectivity index (χ3v) is 4.84. The van der Waals surface area contributed by atoms with Crippen LogP contribution in [0.1, 0.15) is 18.1 Å². The first kappa shape index (κ1) is 17.8. The van der Waals surface area contributed by atoms with Crippen molar-refractivity contribution in [2.45, 2.75) is 19.9 Å². The number of nitrogens with two attached hydrogens (primary N) is 1. The molecule has 5 heteroatoms. The highest BCUT2D eigenvalue weighted by atomic mass is 79.9. The third-order valence-electron chi connectivity index (χ3n) is 4.25. The number of aromatic nitrogens is 1. The predicted octanol–water partition coefficient (Wildman–Crippen LogP) is 3.64. The lowest BCUT2D eigenvalue weighted by molar-refractivity contribution is -0.670. The number of aromatic amines is 1. The lowest BCUT2D eigenvalue weighted by atomic mass is 10.1. The third kappa shape index (κ3) is 4.17. The number of para-hydroxylation sites is 1. The van der Waals surface area contributed by atoms with Gasteiger partial charge < -0.3 is 19.8 Å². The molecular formula is C20H24BrN2O2+. The number of nitrogens with one attached hydrogen (secondary N) is 1. The summed E-state index contributed by atoms with van der Waals surface area (Å²) >= 11 is 3.58. The molecule has 1 heterocycles. The van der Waals surface area contributed by atoms with Crippen LogP contribution in [0.2, 0.25) is 0 Å². The zero-order chi connectivity index (χ0) is 17.6. The number of hydrogen-bond donors (Lipinski definition) is 2. The molecule has 0 unspecified atom stereocenters. The van der Waals surface area contributed by atoms with Gasteiger partial charge in [-0.15, -0.1) is 0 Å². The van der Waals surface area contributed by atoms with E-state index in [4.69, 9.17) is 9.47 Å². The molecule has 0 saturated heterocycles. The van der Waals surface area contributed by atoms with Gasteiger partial charge in [-0.2, -0.15) is 0 Å². The fraction of sp³-hybridized carbons (Fsp3) is 0.300. The number of methoxy groups -OCH3 is 1. The van der Waals surface area contributed by atoms with Crippen LogP contribution in [0.15, 0.2) is 47.1 Å². The molecule has 25 heavy (non-hydrogen) atoms. The summed E-state index contributed by atoms with van der Waals surface area (Å²) in [6, 6.07) is 12.6. The Morgan fingerprint density at radius 1 is 1.20 bits per heavy atom. The molecule has 0 aliphatic carbocycles. The molecule has 4 nitrogen and oxygen atoms in total. The lowest BCUT2D eigenvalue weighted by Gasteiger charge is -2.13. The highest BCUT2D eigenvalue weighted by Crippen LogP contribution is 2.36. The molecule has 132 valence electrons. The molecule has 1 aromatic heterocycles. The van der Waals surface area contributed by atoms with Crippen molar-refractivity contribution < 1.29 is 14.8 Å². The zero-order valence-electron chi connectivity index (χ0n) is 14.6. The van der Waals surface area contributed by atoms with Crippen LogP contribution in [0.4, 0.5) is 0 Å². The summed E-state index contributed by atoms with van der Waals surface area (Å²) in [4.78, 5) is 3.34. The largest absolute Gasteiger partial charge is 0.493 e. The van der Waals surface area contributed by atoms with E-state index in [0.29, 0.717) is 6.61 Å². The van der Waals surface area contributed by atoms with E-state index in [1.165, 1.54) is 22.0 Å².